The van der Waals surface area contributed by atoms with E-state index in [0.717, 1.165) is 30.8 Å². The molecule has 124 valence electrons. The first-order chi connectivity index (χ1) is 11.5. The minimum atomic E-state index is -0.785. The Morgan fingerprint density at radius 2 is 2.12 bits per heavy atom. The second-order valence-electron chi connectivity index (χ2n) is 6.23. The number of aromatic nitrogens is 1. The second-order valence-corrected chi connectivity index (χ2v) is 6.23. The number of carbonyl (C=O) groups is 2. The highest BCUT2D eigenvalue weighted by Crippen LogP contribution is 2.29. The van der Waals surface area contributed by atoms with Crippen LogP contribution < -0.4 is 0 Å². The lowest BCUT2D eigenvalue weighted by Crippen LogP contribution is -2.27. The Labute approximate surface area is 140 Å². The van der Waals surface area contributed by atoms with Crippen molar-refractivity contribution in [2.24, 2.45) is 0 Å². The SMILES string of the molecule is CC(=O)c1cccc(-c2cc([C@@H]3CCN(CC(=O)O)C3)ccn2)c1. The molecule has 5 nitrogen and oxygen atoms in total. The quantitative estimate of drug-likeness (QED) is 0.856. The topological polar surface area (TPSA) is 70.5 Å². The smallest absolute Gasteiger partial charge is 0.317 e. The normalized spacial score (nSPS) is 17.8. The minimum Gasteiger partial charge on any atom is -0.480 e. The van der Waals surface area contributed by atoms with Crippen molar-refractivity contribution in [3.63, 3.8) is 0 Å². The summed E-state index contributed by atoms with van der Waals surface area (Å²) in [5, 5.41) is 8.92. The maximum absolute atomic E-state index is 11.6. The molecule has 0 bridgehead atoms. The molecule has 0 unspecified atom stereocenters. The molecule has 2 heterocycles. The first-order valence-corrected chi connectivity index (χ1v) is 8.04. The summed E-state index contributed by atoms with van der Waals surface area (Å²) in [6.45, 7) is 3.20. The number of nitrogens with zero attached hydrogens (tertiary/aromatic N) is 2. The Hall–Kier alpha value is -2.53. The van der Waals surface area contributed by atoms with Gasteiger partial charge in [-0.15, -0.1) is 0 Å². The summed E-state index contributed by atoms with van der Waals surface area (Å²) in [6, 6.07) is 11.5. The lowest BCUT2D eigenvalue weighted by molar-refractivity contribution is -0.138. The molecule has 2 aromatic rings. The zero-order chi connectivity index (χ0) is 17.1. The monoisotopic (exact) mass is 324 g/mol. The average Bonchev–Trinajstić information content (AvgIpc) is 3.03. The van der Waals surface area contributed by atoms with Gasteiger partial charge in [0.25, 0.3) is 0 Å². The average molecular weight is 324 g/mol. The second kappa shape index (κ2) is 6.93. The van der Waals surface area contributed by atoms with Crippen molar-refractivity contribution in [1.29, 1.82) is 0 Å². The molecule has 0 amide bonds. The van der Waals surface area contributed by atoms with E-state index in [9.17, 15) is 9.59 Å². The lowest BCUT2D eigenvalue weighted by atomic mass is 9.97. The molecule has 0 saturated carbocycles. The van der Waals surface area contributed by atoms with Crippen LogP contribution in [0.4, 0.5) is 0 Å². The first-order valence-electron chi connectivity index (χ1n) is 8.04. The van der Waals surface area contributed by atoms with Gasteiger partial charge in [0.2, 0.25) is 0 Å². The van der Waals surface area contributed by atoms with Crippen molar-refractivity contribution in [2.45, 2.75) is 19.3 Å². The fourth-order valence-electron chi connectivity index (χ4n) is 3.20. The number of pyridine rings is 1. The van der Waals surface area contributed by atoms with E-state index >= 15 is 0 Å². The Bertz CT molecular complexity index is 773. The summed E-state index contributed by atoms with van der Waals surface area (Å²) in [5.41, 5.74) is 3.60. The van der Waals surface area contributed by atoms with Gasteiger partial charge in [-0.3, -0.25) is 19.5 Å². The van der Waals surface area contributed by atoms with Crippen molar-refractivity contribution in [1.82, 2.24) is 9.88 Å². The number of likely N-dealkylation sites (tertiary alicyclic amines) is 1. The lowest BCUT2D eigenvalue weighted by Gasteiger charge is -2.14. The van der Waals surface area contributed by atoms with Crippen molar-refractivity contribution in [2.75, 3.05) is 19.6 Å². The van der Waals surface area contributed by atoms with E-state index in [0.29, 0.717) is 11.5 Å². The van der Waals surface area contributed by atoms with Crippen LogP contribution in [0.25, 0.3) is 11.3 Å². The zero-order valence-electron chi connectivity index (χ0n) is 13.6. The molecule has 3 rings (SSSR count). The number of carboxylic acid groups (broad SMARTS) is 1. The van der Waals surface area contributed by atoms with Gasteiger partial charge in [-0.05, 0) is 49.6 Å². The Kier molecular flexibility index (Phi) is 4.71. The van der Waals surface area contributed by atoms with Crippen LogP contribution in [0.1, 0.15) is 35.2 Å². The predicted octanol–water partition coefficient (Wildman–Crippen LogP) is 2.83. The Balaban J connectivity index is 1.81. The summed E-state index contributed by atoms with van der Waals surface area (Å²) in [7, 11) is 0. The van der Waals surface area contributed by atoms with Gasteiger partial charge in [0, 0.05) is 23.9 Å². The maximum atomic E-state index is 11.6. The van der Waals surface area contributed by atoms with Crippen molar-refractivity contribution in [3.05, 3.63) is 53.7 Å². The molecule has 1 aromatic heterocycles. The number of rotatable bonds is 5. The number of Topliss-reactive ketones (excluding diaryl/α,β-unsaturated/α-hetero) is 1. The third kappa shape index (κ3) is 3.68. The van der Waals surface area contributed by atoms with Crippen LogP contribution in [-0.4, -0.2) is 46.4 Å². The molecule has 1 fully saturated rings. The fraction of sp³-hybridized carbons (Fsp3) is 0.316. The number of ketones is 1. The summed E-state index contributed by atoms with van der Waals surface area (Å²) < 4.78 is 0. The molecule has 1 saturated heterocycles. The van der Waals surface area contributed by atoms with Crippen molar-refractivity contribution in [3.8, 4) is 11.3 Å². The first kappa shape index (κ1) is 16.3. The van der Waals surface area contributed by atoms with Gasteiger partial charge in [-0.2, -0.15) is 0 Å². The molecular formula is C19H20N2O3. The number of hydrogen-bond acceptors (Lipinski definition) is 4. The summed E-state index contributed by atoms with van der Waals surface area (Å²) in [5.74, 6) is -0.428. The fourth-order valence-corrected chi connectivity index (χ4v) is 3.20. The number of aliphatic carboxylic acids is 1. The summed E-state index contributed by atoms with van der Waals surface area (Å²) in [6.07, 6.45) is 2.73. The van der Waals surface area contributed by atoms with Crippen LogP contribution in [0.3, 0.4) is 0 Å². The number of benzene rings is 1. The molecule has 1 aliphatic heterocycles. The standard InChI is InChI=1S/C19H20N2O3/c1-13(22)14-3-2-4-16(9-14)18-10-15(5-7-20-18)17-6-8-21(11-17)12-19(23)24/h2-5,7,9-10,17H,6,8,11-12H2,1H3,(H,23,24)/t17-/m1/s1. The van der Waals surface area contributed by atoms with Crippen LogP contribution in [-0.2, 0) is 4.79 Å². The number of carbonyl (C=O) groups excluding carboxylic acids is 1. The van der Waals surface area contributed by atoms with Crippen molar-refractivity contribution >= 4 is 11.8 Å². The van der Waals surface area contributed by atoms with Gasteiger partial charge in [0.1, 0.15) is 0 Å². The van der Waals surface area contributed by atoms with E-state index in [2.05, 4.69) is 4.98 Å². The highest BCUT2D eigenvalue weighted by molar-refractivity contribution is 5.95. The molecule has 5 heteroatoms. The van der Waals surface area contributed by atoms with Gasteiger partial charge in [0.05, 0.1) is 12.2 Å². The number of hydrogen-bond donors (Lipinski definition) is 1. The molecule has 24 heavy (non-hydrogen) atoms. The molecule has 0 spiro atoms. The summed E-state index contributed by atoms with van der Waals surface area (Å²) in [4.78, 5) is 28.8. The molecule has 0 radical (unpaired) electrons. The van der Waals surface area contributed by atoms with E-state index < -0.39 is 5.97 Å². The summed E-state index contributed by atoms with van der Waals surface area (Å²) >= 11 is 0. The van der Waals surface area contributed by atoms with Crippen LogP contribution >= 0.6 is 0 Å². The molecule has 1 N–H and O–H groups in total. The Morgan fingerprint density at radius 1 is 1.29 bits per heavy atom. The highest BCUT2D eigenvalue weighted by Gasteiger charge is 2.25. The predicted molar refractivity (Wildman–Crippen MR) is 91.1 cm³/mol. The molecule has 1 atom stereocenters. The third-order valence-corrected chi connectivity index (χ3v) is 4.45. The molecule has 0 aliphatic carbocycles. The number of carboxylic acids is 1. The van der Waals surface area contributed by atoms with E-state index in [-0.39, 0.29) is 12.3 Å². The van der Waals surface area contributed by atoms with Crippen LogP contribution in [0.2, 0.25) is 0 Å². The van der Waals surface area contributed by atoms with Crippen LogP contribution in [0.5, 0.6) is 0 Å². The van der Waals surface area contributed by atoms with Gasteiger partial charge in [-0.1, -0.05) is 18.2 Å². The van der Waals surface area contributed by atoms with Gasteiger partial charge >= 0.3 is 5.97 Å². The maximum Gasteiger partial charge on any atom is 0.317 e. The molecular weight excluding hydrogens is 304 g/mol. The minimum absolute atomic E-state index is 0.0353. The van der Waals surface area contributed by atoms with Gasteiger partial charge in [-0.25, -0.2) is 0 Å². The molecule has 1 aromatic carbocycles. The third-order valence-electron chi connectivity index (χ3n) is 4.45. The highest BCUT2D eigenvalue weighted by atomic mass is 16.4. The van der Waals surface area contributed by atoms with Gasteiger partial charge < -0.3 is 5.11 Å². The largest absolute Gasteiger partial charge is 0.480 e. The van der Waals surface area contributed by atoms with E-state index in [1.165, 1.54) is 5.56 Å². The Morgan fingerprint density at radius 3 is 2.88 bits per heavy atom. The van der Waals surface area contributed by atoms with E-state index in [4.69, 9.17) is 5.11 Å². The van der Waals surface area contributed by atoms with Crippen LogP contribution in [0, 0.1) is 0 Å². The van der Waals surface area contributed by atoms with E-state index in [1.807, 2.05) is 35.2 Å². The van der Waals surface area contributed by atoms with E-state index in [1.54, 1.807) is 19.2 Å². The zero-order valence-corrected chi connectivity index (χ0v) is 13.6. The molecule has 1 aliphatic rings. The van der Waals surface area contributed by atoms with Crippen LogP contribution in [0.15, 0.2) is 42.6 Å². The van der Waals surface area contributed by atoms with Crippen molar-refractivity contribution < 1.29 is 14.7 Å². The van der Waals surface area contributed by atoms with Gasteiger partial charge in [0.15, 0.2) is 5.78 Å².